The van der Waals surface area contributed by atoms with Crippen LogP contribution < -0.4 is 10.5 Å². The lowest BCUT2D eigenvalue weighted by Gasteiger charge is -2.06. The van der Waals surface area contributed by atoms with Gasteiger partial charge in [-0.05, 0) is 37.1 Å². The van der Waals surface area contributed by atoms with Crippen LogP contribution in [0.4, 0.5) is 0 Å². The molecule has 2 N–H and O–H groups in total. The van der Waals surface area contributed by atoms with Crippen molar-refractivity contribution >= 4 is 0 Å². The van der Waals surface area contributed by atoms with E-state index < -0.39 is 0 Å². The Morgan fingerprint density at radius 2 is 2.42 bits per heavy atom. The highest BCUT2D eigenvalue weighted by molar-refractivity contribution is 5.32. The Bertz CT molecular complexity index is 235. The third-order valence-electron chi connectivity index (χ3n) is 1.78. The largest absolute Gasteiger partial charge is 0.496 e. The van der Waals surface area contributed by atoms with Gasteiger partial charge >= 0.3 is 0 Å². The second kappa shape index (κ2) is 4.78. The molecule has 0 bridgehead atoms. The van der Waals surface area contributed by atoms with E-state index in [-0.39, 0.29) is 0 Å². The third-order valence-corrected chi connectivity index (χ3v) is 1.78. The van der Waals surface area contributed by atoms with Gasteiger partial charge in [-0.2, -0.15) is 0 Å². The van der Waals surface area contributed by atoms with E-state index >= 15 is 0 Å². The normalized spacial score (nSPS) is 9.83. The maximum atomic E-state index is 5.42. The summed E-state index contributed by atoms with van der Waals surface area (Å²) < 4.78 is 5.17. The molecule has 0 aliphatic rings. The van der Waals surface area contributed by atoms with Crippen LogP contribution >= 0.6 is 0 Å². The van der Waals surface area contributed by atoms with Crippen molar-refractivity contribution in [1.29, 1.82) is 0 Å². The maximum absolute atomic E-state index is 5.42. The van der Waals surface area contributed by atoms with Gasteiger partial charge in [0.2, 0.25) is 0 Å². The quantitative estimate of drug-likeness (QED) is 0.729. The topological polar surface area (TPSA) is 35.2 Å². The van der Waals surface area contributed by atoms with Crippen molar-refractivity contribution in [1.82, 2.24) is 0 Å². The lowest BCUT2D eigenvalue weighted by Crippen LogP contribution is -2.01. The predicted octanol–water partition coefficient (Wildman–Crippen LogP) is 1.39. The van der Waals surface area contributed by atoms with E-state index in [0.717, 1.165) is 25.1 Å². The Labute approximate surface area is 73.3 Å². The van der Waals surface area contributed by atoms with E-state index in [2.05, 4.69) is 6.07 Å². The summed E-state index contributed by atoms with van der Waals surface area (Å²) in [6.07, 6.45) is 1.98. The molecule has 0 fully saturated rings. The van der Waals surface area contributed by atoms with E-state index in [1.807, 2.05) is 18.2 Å². The Hall–Kier alpha value is -1.02. The second-order valence-corrected chi connectivity index (χ2v) is 2.63. The molecule has 0 unspecified atom stereocenters. The molecular weight excluding hydrogens is 150 g/mol. The summed E-state index contributed by atoms with van der Waals surface area (Å²) in [6.45, 7) is 0.724. The van der Waals surface area contributed by atoms with Crippen molar-refractivity contribution in [3.05, 3.63) is 29.8 Å². The molecule has 0 aromatic heterocycles. The molecule has 0 amide bonds. The van der Waals surface area contributed by atoms with Gasteiger partial charge in [0.15, 0.2) is 0 Å². The first kappa shape index (κ1) is 9.07. The minimum absolute atomic E-state index is 0.724. The lowest BCUT2D eigenvalue weighted by molar-refractivity contribution is 0.409. The lowest BCUT2D eigenvalue weighted by atomic mass is 10.1. The zero-order valence-electron chi connectivity index (χ0n) is 7.34. The number of aryl methyl sites for hydroxylation is 1. The van der Waals surface area contributed by atoms with Gasteiger partial charge in [0.1, 0.15) is 5.75 Å². The molecule has 1 aromatic carbocycles. The van der Waals surface area contributed by atoms with Crippen molar-refractivity contribution in [2.75, 3.05) is 13.7 Å². The van der Waals surface area contributed by atoms with Crippen molar-refractivity contribution in [3.8, 4) is 5.75 Å². The molecule has 0 heterocycles. The van der Waals surface area contributed by atoms with E-state index in [1.54, 1.807) is 7.11 Å². The molecule has 2 nitrogen and oxygen atoms in total. The van der Waals surface area contributed by atoms with Crippen molar-refractivity contribution in [2.45, 2.75) is 12.8 Å². The first-order valence-corrected chi connectivity index (χ1v) is 4.11. The molecule has 1 radical (unpaired) electrons. The van der Waals surface area contributed by atoms with Crippen molar-refractivity contribution in [3.63, 3.8) is 0 Å². The van der Waals surface area contributed by atoms with E-state index in [0.29, 0.717) is 0 Å². The summed E-state index contributed by atoms with van der Waals surface area (Å²) in [5.41, 5.74) is 6.63. The zero-order valence-corrected chi connectivity index (χ0v) is 7.34. The van der Waals surface area contributed by atoms with Crippen LogP contribution in [-0.4, -0.2) is 13.7 Å². The molecule has 65 valence electrons. The Balaban J connectivity index is 2.68. The molecule has 0 aliphatic heterocycles. The highest BCUT2D eigenvalue weighted by atomic mass is 16.5. The fraction of sp³-hybridized carbons (Fsp3) is 0.400. The van der Waals surface area contributed by atoms with Crippen LogP contribution in [0.3, 0.4) is 0 Å². The number of ether oxygens (including phenoxy) is 1. The molecule has 0 atom stereocenters. The van der Waals surface area contributed by atoms with Crippen molar-refractivity contribution in [2.24, 2.45) is 5.73 Å². The van der Waals surface area contributed by atoms with E-state index in [1.165, 1.54) is 5.56 Å². The van der Waals surface area contributed by atoms with Crippen LogP contribution in [0, 0.1) is 6.07 Å². The smallest absolute Gasteiger partial charge is 0.122 e. The number of hydrogen-bond donors (Lipinski definition) is 1. The SMILES string of the molecule is COc1c[c]ccc1CCCN. The first-order valence-electron chi connectivity index (χ1n) is 4.11. The minimum Gasteiger partial charge on any atom is -0.496 e. The summed E-state index contributed by atoms with van der Waals surface area (Å²) in [5, 5.41) is 0. The molecule has 1 rings (SSSR count). The fourth-order valence-electron chi connectivity index (χ4n) is 1.14. The number of methoxy groups -OCH3 is 1. The van der Waals surface area contributed by atoms with Gasteiger partial charge in [0, 0.05) is 0 Å². The van der Waals surface area contributed by atoms with Crippen LogP contribution in [0.2, 0.25) is 0 Å². The van der Waals surface area contributed by atoms with Crippen molar-refractivity contribution < 1.29 is 4.74 Å². The van der Waals surface area contributed by atoms with Gasteiger partial charge in [0.05, 0.1) is 7.11 Å². The van der Waals surface area contributed by atoms with Gasteiger partial charge in [-0.1, -0.05) is 12.1 Å². The molecule has 0 saturated carbocycles. The molecule has 1 aromatic rings. The number of nitrogens with two attached hydrogens (primary N) is 1. The van der Waals surface area contributed by atoms with E-state index in [4.69, 9.17) is 10.5 Å². The summed E-state index contributed by atoms with van der Waals surface area (Å²) in [6, 6.07) is 8.75. The number of hydrogen-bond acceptors (Lipinski definition) is 2. The molecule has 0 aliphatic carbocycles. The van der Waals surface area contributed by atoms with Crippen LogP contribution in [0.25, 0.3) is 0 Å². The average molecular weight is 164 g/mol. The fourth-order valence-corrected chi connectivity index (χ4v) is 1.14. The average Bonchev–Trinajstić information content (AvgIpc) is 2.15. The minimum atomic E-state index is 0.724. The zero-order chi connectivity index (χ0) is 8.81. The summed E-state index contributed by atoms with van der Waals surface area (Å²) >= 11 is 0. The molecular formula is C10H14NO. The highest BCUT2D eigenvalue weighted by Gasteiger charge is 1.99. The van der Waals surface area contributed by atoms with E-state index in [9.17, 15) is 0 Å². The van der Waals surface area contributed by atoms with Gasteiger partial charge in [-0.15, -0.1) is 0 Å². The van der Waals surface area contributed by atoms with Gasteiger partial charge in [-0.3, -0.25) is 0 Å². The van der Waals surface area contributed by atoms with Crippen LogP contribution in [-0.2, 0) is 6.42 Å². The summed E-state index contributed by atoms with van der Waals surface area (Å²) in [7, 11) is 1.68. The first-order chi connectivity index (χ1) is 5.88. The van der Waals surface area contributed by atoms with Crippen LogP contribution in [0.15, 0.2) is 18.2 Å². The molecule has 12 heavy (non-hydrogen) atoms. The van der Waals surface area contributed by atoms with Crippen LogP contribution in [0.1, 0.15) is 12.0 Å². The van der Waals surface area contributed by atoms with Crippen LogP contribution in [0.5, 0.6) is 5.75 Å². The van der Waals surface area contributed by atoms with Gasteiger partial charge in [0.25, 0.3) is 0 Å². The third kappa shape index (κ3) is 2.24. The van der Waals surface area contributed by atoms with Gasteiger partial charge in [-0.25, -0.2) is 0 Å². The monoisotopic (exact) mass is 164 g/mol. The Kier molecular flexibility index (Phi) is 3.61. The number of benzene rings is 1. The number of rotatable bonds is 4. The highest BCUT2D eigenvalue weighted by Crippen LogP contribution is 2.17. The summed E-state index contributed by atoms with van der Waals surface area (Å²) in [5.74, 6) is 0.908. The Morgan fingerprint density at radius 3 is 3.08 bits per heavy atom. The molecule has 2 heteroatoms. The van der Waals surface area contributed by atoms with Gasteiger partial charge < -0.3 is 10.5 Å². The standard InChI is InChI=1S/C10H14NO/c1-12-10-7-3-2-5-9(10)6-4-8-11/h2,5,7H,4,6,8,11H2,1H3. The molecule has 0 saturated heterocycles. The molecule has 0 spiro atoms. The predicted molar refractivity (Wildman–Crippen MR) is 49.2 cm³/mol. The summed E-state index contributed by atoms with van der Waals surface area (Å²) in [4.78, 5) is 0. The second-order valence-electron chi connectivity index (χ2n) is 2.63. The Morgan fingerprint density at radius 1 is 1.58 bits per heavy atom. The maximum Gasteiger partial charge on any atom is 0.122 e.